The molecule has 1 fully saturated rings. The number of nitrogens with one attached hydrogen (secondary N) is 1. The molecule has 1 rings (SSSR count). The van der Waals surface area contributed by atoms with Crippen LogP contribution in [0, 0.1) is 0 Å². The predicted octanol–water partition coefficient (Wildman–Crippen LogP) is 11.1. The fraction of sp³-hybridized carbons (Fsp3) is 0.854. The summed E-state index contributed by atoms with van der Waals surface area (Å²) in [6.45, 7) is 7.82. The number of hydrogen-bond acceptors (Lipinski definition) is 4. The van der Waals surface area contributed by atoms with E-state index in [1.54, 1.807) is 4.90 Å². The second-order valence-corrected chi connectivity index (χ2v) is 14.1. The number of amides is 1. The summed E-state index contributed by atoms with van der Waals surface area (Å²) >= 11 is 0. The van der Waals surface area contributed by atoms with Crippen molar-refractivity contribution in [3.63, 3.8) is 0 Å². The molecule has 0 spiro atoms. The van der Waals surface area contributed by atoms with Crippen molar-refractivity contribution in [3.05, 3.63) is 24.3 Å². The van der Waals surface area contributed by atoms with Gasteiger partial charge in [-0.2, -0.15) is 0 Å². The average Bonchev–Trinajstić information content (AvgIpc) is 3.56. The Balaban J connectivity index is 2.18. The molecule has 0 aromatic rings. The molecule has 2 atom stereocenters. The largest absolute Gasteiger partial charge is 0.319 e. The molecule has 1 aliphatic heterocycles. The summed E-state index contributed by atoms with van der Waals surface area (Å²) < 4.78 is 0. The summed E-state index contributed by atoms with van der Waals surface area (Å²) in [6.07, 6.45) is 41.9. The van der Waals surface area contributed by atoms with Crippen molar-refractivity contribution in [2.24, 2.45) is 5.73 Å². The number of ketones is 1. The number of hydrogen-bond donors (Lipinski definition) is 2. The van der Waals surface area contributed by atoms with Gasteiger partial charge in [0.1, 0.15) is 6.17 Å². The zero-order valence-corrected chi connectivity index (χ0v) is 30.9. The van der Waals surface area contributed by atoms with E-state index < -0.39 is 11.7 Å². The predicted molar refractivity (Wildman–Crippen MR) is 200 cm³/mol. The van der Waals surface area contributed by atoms with Gasteiger partial charge in [-0.15, -0.1) is 0 Å². The van der Waals surface area contributed by atoms with E-state index in [1.807, 2.05) is 6.92 Å². The number of rotatable bonds is 32. The second-order valence-electron chi connectivity index (χ2n) is 14.1. The number of allylic oxidation sites excluding steroid dienone is 4. The van der Waals surface area contributed by atoms with Gasteiger partial charge in [-0.1, -0.05) is 148 Å². The quantitative estimate of drug-likeness (QED) is 0.0565. The maximum atomic E-state index is 13.6. The first-order valence-electron chi connectivity index (χ1n) is 20.2. The lowest BCUT2D eigenvalue weighted by Gasteiger charge is -2.33. The smallest absolute Gasteiger partial charge is 0.224 e. The highest BCUT2D eigenvalue weighted by Gasteiger charge is 2.42. The van der Waals surface area contributed by atoms with Crippen LogP contribution in [0.2, 0.25) is 0 Å². The Bertz CT molecular complexity index is 795. The molecule has 0 saturated carbocycles. The Hall–Kier alpha value is -1.46. The van der Waals surface area contributed by atoms with Crippen molar-refractivity contribution in [3.8, 4) is 0 Å². The van der Waals surface area contributed by atoms with E-state index in [-0.39, 0.29) is 11.7 Å². The van der Waals surface area contributed by atoms with E-state index in [0.29, 0.717) is 32.4 Å². The molecule has 1 heterocycles. The lowest BCUT2D eigenvalue weighted by molar-refractivity contribution is -0.140. The average molecular weight is 644 g/mol. The fourth-order valence-corrected chi connectivity index (χ4v) is 6.64. The van der Waals surface area contributed by atoms with Gasteiger partial charge in [-0.25, -0.2) is 0 Å². The topological polar surface area (TPSA) is 75.4 Å². The monoisotopic (exact) mass is 644 g/mol. The molecule has 1 saturated heterocycles. The van der Waals surface area contributed by atoms with Gasteiger partial charge in [-0.05, 0) is 70.6 Å². The molecular formula is C41H77N3O2. The summed E-state index contributed by atoms with van der Waals surface area (Å²) in [5.74, 6) is 0.104. The van der Waals surface area contributed by atoms with Crippen LogP contribution in [-0.4, -0.2) is 41.4 Å². The van der Waals surface area contributed by atoms with Crippen molar-refractivity contribution >= 4 is 11.7 Å². The van der Waals surface area contributed by atoms with Gasteiger partial charge in [0.2, 0.25) is 5.91 Å². The third-order valence-corrected chi connectivity index (χ3v) is 9.98. The summed E-state index contributed by atoms with van der Waals surface area (Å²) in [4.78, 5) is 28.4. The third-order valence-electron chi connectivity index (χ3n) is 9.98. The summed E-state index contributed by atoms with van der Waals surface area (Å²) in [5, 5.41) is 3.29. The molecule has 46 heavy (non-hydrogen) atoms. The minimum Gasteiger partial charge on any atom is -0.319 e. The minimum absolute atomic E-state index is 0.00280. The molecule has 268 valence electrons. The van der Waals surface area contributed by atoms with Gasteiger partial charge in [0.25, 0.3) is 0 Å². The molecule has 0 aromatic carbocycles. The number of nitrogens with zero attached hydrogens (tertiary/aromatic N) is 1. The van der Waals surface area contributed by atoms with E-state index in [0.717, 1.165) is 32.1 Å². The highest BCUT2D eigenvalue weighted by atomic mass is 16.2. The van der Waals surface area contributed by atoms with Crippen molar-refractivity contribution in [2.45, 2.75) is 212 Å². The molecule has 1 aliphatic rings. The fourth-order valence-electron chi connectivity index (χ4n) is 6.64. The van der Waals surface area contributed by atoms with Crippen LogP contribution in [0.5, 0.6) is 0 Å². The van der Waals surface area contributed by atoms with Gasteiger partial charge < -0.3 is 10.6 Å². The van der Waals surface area contributed by atoms with E-state index in [2.05, 4.69) is 43.5 Å². The molecular weight excluding hydrogens is 566 g/mol. The highest BCUT2D eigenvalue weighted by Crippen LogP contribution is 2.23. The summed E-state index contributed by atoms with van der Waals surface area (Å²) in [7, 11) is 0. The molecule has 5 nitrogen and oxygen atoms in total. The molecule has 0 aliphatic carbocycles. The lowest BCUT2D eigenvalue weighted by Crippen LogP contribution is -2.59. The Morgan fingerprint density at radius 2 is 1.04 bits per heavy atom. The number of Topliss-reactive ketones (excluding diaryl/α,β-unsaturated/α-hetero) is 1. The third kappa shape index (κ3) is 20.7. The molecule has 1 amide bonds. The number of unbranched alkanes of at least 4 members (excludes halogenated alkanes) is 21. The van der Waals surface area contributed by atoms with Crippen molar-refractivity contribution < 1.29 is 9.59 Å². The van der Waals surface area contributed by atoms with Crippen LogP contribution in [0.4, 0.5) is 0 Å². The van der Waals surface area contributed by atoms with Crippen LogP contribution < -0.4 is 11.1 Å². The molecule has 0 radical (unpaired) electrons. The number of carbonyl (C=O) groups is 2. The first-order chi connectivity index (χ1) is 22.5. The van der Waals surface area contributed by atoms with Gasteiger partial charge in [0.05, 0.1) is 5.54 Å². The van der Waals surface area contributed by atoms with Crippen LogP contribution >= 0.6 is 0 Å². The lowest BCUT2D eigenvalue weighted by atomic mass is 9.84. The van der Waals surface area contributed by atoms with Gasteiger partial charge in [0.15, 0.2) is 5.78 Å². The Morgan fingerprint density at radius 3 is 1.50 bits per heavy atom. The summed E-state index contributed by atoms with van der Waals surface area (Å²) in [5.41, 5.74) is 5.86. The Kier molecular flexibility index (Phi) is 27.4. The van der Waals surface area contributed by atoms with Crippen LogP contribution in [0.15, 0.2) is 24.3 Å². The Morgan fingerprint density at radius 1 is 0.630 bits per heavy atom. The van der Waals surface area contributed by atoms with E-state index >= 15 is 0 Å². The maximum Gasteiger partial charge on any atom is 0.224 e. The van der Waals surface area contributed by atoms with Gasteiger partial charge in [0, 0.05) is 19.5 Å². The van der Waals surface area contributed by atoms with Crippen LogP contribution in [0.3, 0.4) is 0 Å². The van der Waals surface area contributed by atoms with Crippen LogP contribution in [0.1, 0.15) is 201 Å². The minimum atomic E-state index is -0.860. The zero-order valence-electron chi connectivity index (χ0n) is 30.9. The van der Waals surface area contributed by atoms with E-state index in [1.165, 1.54) is 128 Å². The molecule has 0 aromatic heterocycles. The van der Waals surface area contributed by atoms with E-state index in [9.17, 15) is 9.59 Å². The van der Waals surface area contributed by atoms with Crippen LogP contribution in [-0.2, 0) is 9.59 Å². The van der Waals surface area contributed by atoms with Gasteiger partial charge in [-0.3, -0.25) is 14.9 Å². The molecule has 5 heteroatoms. The Labute approximate surface area is 286 Å². The second kappa shape index (κ2) is 29.7. The maximum absolute atomic E-state index is 13.6. The van der Waals surface area contributed by atoms with Gasteiger partial charge >= 0.3 is 0 Å². The highest BCUT2D eigenvalue weighted by molar-refractivity contribution is 5.95. The van der Waals surface area contributed by atoms with Crippen molar-refractivity contribution in [1.29, 1.82) is 0 Å². The number of nitrogens with two attached hydrogens (primary N) is 1. The number of carbonyl (C=O) groups excluding carboxylic acids is 2. The van der Waals surface area contributed by atoms with Crippen molar-refractivity contribution in [2.75, 3.05) is 13.1 Å². The SMILES string of the molecule is CCCCCCCC/C=C\CCCCCCCC(=O)N1CCNC1C(=O)C(N)(CC)CCCCCC/C=C\CCCCCCCC. The van der Waals surface area contributed by atoms with Crippen molar-refractivity contribution in [1.82, 2.24) is 10.2 Å². The normalized spacial score (nSPS) is 16.6. The first kappa shape index (κ1) is 42.6. The summed E-state index contributed by atoms with van der Waals surface area (Å²) in [6, 6.07) is 0. The molecule has 2 unspecified atom stereocenters. The van der Waals surface area contributed by atoms with Crippen LogP contribution in [0.25, 0.3) is 0 Å². The molecule has 3 N–H and O–H groups in total. The first-order valence-corrected chi connectivity index (χ1v) is 20.2. The molecule has 0 bridgehead atoms. The zero-order chi connectivity index (χ0) is 33.6. The van der Waals surface area contributed by atoms with E-state index in [4.69, 9.17) is 5.73 Å². The standard InChI is InChI=1S/C41H77N3O2/c1-4-7-9-11-13-15-17-19-21-22-24-26-28-30-32-34-38(45)44-37-36-43-40(44)39(46)41(42,6-3)35-33-31-29-27-25-23-20-18-16-14-12-10-8-5-2/h19-21,23,40,43H,4-18,22,24-37,42H2,1-3H3/b21-19-,23-20-.